The van der Waals surface area contributed by atoms with E-state index >= 15 is 0 Å². The van der Waals surface area contributed by atoms with Gasteiger partial charge >= 0.3 is 0 Å². The average Bonchev–Trinajstić information content (AvgIpc) is 3.33. The number of aromatic nitrogens is 2. The molecule has 6 heteroatoms. The van der Waals surface area contributed by atoms with Crippen LogP contribution in [0.25, 0.3) is 22.2 Å². The number of aliphatic hydroxyl groups excluding tert-OH is 1. The highest BCUT2D eigenvalue weighted by Crippen LogP contribution is 2.65. The maximum Gasteiger partial charge on any atom is 0.235 e. The third-order valence-corrected chi connectivity index (χ3v) is 6.69. The van der Waals surface area contributed by atoms with Gasteiger partial charge in [-0.2, -0.15) is 5.10 Å². The van der Waals surface area contributed by atoms with Crippen LogP contribution in [0.5, 0.6) is 5.75 Å². The predicted octanol–water partition coefficient (Wildman–Crippen LogP) is 4.11. The molecule has 4 aromatic rings. The molecule has 1 unspecified atom stereocenters. The van der Waals surface area contributed by atoms with Crippen LogP contribution in [-0.4, -0.2) is 28.3 Å². The minimum absolute atomic E-state index is 0.00156. The van der Waals surface area contributed by atoms with Gasteiger partial charge in [0, 0.05) is 22.6 Å². The molecule has 3 aromatic carbocycles. The van der Waals surface area contributed by atoms with E-state index in [2.05, 4.69) is 33.7 Å². The van der Waals surface area contributed by atoms with E-state index in [-0.39, 0.29) is 18.4 Å². The molecule has 2 atom stereocenters. The topological polar surface area (TPSA) is 87.2 Å². The highest BCUT2D eigenvalue weighted by Gasteiger charge is 2.65. The van der Waals surface area contributed by atoms with Gasteiger partial charge in [0.05, 0.1) is 30.3 Å². The van der Waals surface area contributed by atoms with Crippen molar-refractivity contribution in [3.8, 4) is 17.0 Å². The molecule has 1 amide bonds. The Bertz CT molecular complexity index is 1360. The SMILES string of the molecule is COc1ccc2c(c1)[C@]1(CC1c1ccc3c(-c4cccc(CO)c4)n[nH]c3c1)C(=O)N2. The number of methoxy groups -OCH3 is 1. The van der Waals surface area contributed by atoms with Gasteiger partial charge in [-0.1, -0.05) is 30.3 Å². The quantitative estimate of drug-likeness (QED) is 0.472. The molecule has 6 rings (SSSR count). The Kier molecular flexibility index (Phi) is 3.76. The predicted molar refractivity (Wildman–Crippen MR) is 118 cm³/mol. The molecular weight excluding hydrogens is 390 g/mol. The fourth-order valence-corrected chi connectivity index (χ4v) is 4.99. The number of aromatic amines is 1. The van der Waals surface area contributed by atoms with Gasteiger partial charge in [-0.15, -0.1) is 0 Å². The molecule has 1 aliphatic heterocycles. The minimum Gasteiger partial charge on any atom is -0.497 e. The highest BCUT2D eigenvalue weighted by molar-refractivity contribution is 6.10. The number of anilines is 1. The largest absolute Gasteiger partial charge is 0.497 e. The van der Waals surface area contributed by atoms with Crippen LogP contribution in [0.3, 0.4) is 0 Å². The van der Waals surface area contributed by atoms with Crippen molar-refractivity contribution in [2.24, 2.45) is 0 Å². The van der Waals surface area contributed by atoms with Gasteiger partial charge in [-0.05, 0) is 53.4 Å². The van der Waals surface area contributed by atoms with E-state index in [0.29, 0.717) is 0 Å². The van der Waals surface area contributed by atoms with Gasteiger partial charge < -0.3 is 15.2 Å². The maximum atomic E-state index is 12.9. The maximum absolute atomic E-state index is 12.9. The van der Waals surface area contributed by atoms with Crippen LogP contribution in [-0.2, 0) is 16.8 Å². The van der Waals surface area contributed by atoms with Crippen LogP contribution < -0.4 is 10.1 Å². The number of nitrogens with one attached hydrogen (secondary N) is 2. The van der Waals surface area contributed by atoms with Crippen molar-refractivity contribution >= 4 is 22.5 Å². The Morgan fingerprint density at radius 3 is 2.90 bits per heavy atom. The molecule has 2 heterocycles. The number of nitrogens with zero attached hydrogens (tertiary/aromatic N) is 1. The summed E-state index contributed by atoms with van der Waals surface area (Å²) in [5.74, 6) is 0.945. The second-order valence-corrected chi connectivity index (χ2v) is 8.33. The number of ether oxygens (including phenoxy) is 1. The minimum atomic E-state index is -0.518. The van der Waals surface area contributed by atoms with Gasteiger partial charge in [-0.3, -0.25) is 9.89 Å². The number of H-pyrrole nitrogens is 1. The second-order valence-electron chi connectivity index (χ2n) is 8.33. The molecule has 2 aliphatic rings. The number of hydrogen-bond acceptors (Lipinski definition) is 4. The standard InChI is InChI=1S/C25H21N3O3/c1-31-17-6-8-21-19(11-17)25(24(30)26-21)12-20(25)15-5-7-18-22(10-15)27-28-23(18)16-4-2-3-14(9-16)13-29/h2-11,20,29H,12-13H2,1H3,(H,26,30)(H,27,28)/t20?,25-/m0/s1. The van der Waals surface area contributed by atoms with Crippen LogP contribution in [0.15, 0.2) is 60.7 Å². The zero-order valence-electron chi connectivity index (χ0n) is 17.0. The first kappa shape index (κ1) is 18.2. The fourth-order valence-electron chi connectivity index (χ4n) is 4.99. The number of amides is 1. The molecule has 6 nitrogen and oxygen atoms in total. The first-order chi connectivity index (χ1) is 15.1. The number of hydrogen-bond donors (Lipinski definition) is 3. The summed E-state index contributed by atoms with van der Waals surface area (Å²) in [5, 5.41) is 21.2. The van der Waals surface area contributed by atoms with Crippen LogP contribution >= 0.6 is 0 Å². The fraction of sp³-hybridized carbons (Fsp3) is 0.200. The van der Waals surface area contributed by atoms with E-state index in [0.717, 1.165) is 56.7 Å². The zero-order chi connectivity index (χ0) is 21.2. The van der Waals surface area contributed by atoms with Crippen molar-refractivity contribution in [2.45, 2.75) is 24.4 Å². The van der Waals surface area contributed by atoms with Gasteiger partial charge in [0.25, 0.3) is 0 Å². The Hall–Kier alpha value is -3.64. The number of aliphatic hydroxyl groups is 1. The summed E-state index contributed by atoms with van der Waals surface area (Å²) in [6, 6.07) is 19.8. The Morgan fingerprint density at radius 1 is 1.16 bits per heavy atom. The van der Waals surface area contributed by atoms with Crippen LogP contribution in [0, 0.1) is 0 Å². The third-order valence-electron chi connectivity index (χ3n) is 6.69. The van der Waals surface area contributed by atoms with Gasteiger partial charge in [0.15, 0.2) is 0 Å². The molecule has 1 aliphatic carbocycles. The zero-order valence-corrected chi connectivity index (χ0v) is 17.0. The van der Waals surface area contributed by atoms with E-state index in [1.54, 1.807) is 7.11 Å². The van der Waals surface area contributed by atoms with Crippen molar-refractivity contribution in [1.29, 1.82) is 0 Å². The van der Waals surface area contributed by atoms with E-state index < -0.39 is 5.41 Å². The Labute approximate surface area is 178 Å². The molecule has 1 saturated carbocycles. The first-order valence-corrected chi connectivity index (χ1v) is 10.3. The summed E-state index contributed by atoms with van der Waals surface area (Å²) in [6.07, 6.45) is 0.782. The smallest absolute Gasteiger partial charge is 0.235 e. The summed E-state index contributed by atoms with van der Waals surface area (Å²) < 4.78 is 5.39. The summed E-state index contributed by atoms with van der Waals surface area (Å²) in [6.45, 7) is -0.00156. The van der Waals surface area contributed by atoms with Crippen LogP contribution in [0.2, 0.25) is 0 Å². The van der Waals surface area contributed by atoms with Crippen molar-refractivity contribution in [3.05, 3.63) is 77.4 Å². The van der Waals surface area contributed by atoms with Crippen LogP contribution in [0.4, 0.5) is 5.69 Å². The average molecular weight is 411 g/mol. The van der Waals surface area contributed by atoms with Crippen molar-refractivity contribution in [2.75, 3.05) is 12.4 Å². The summed E-state index contributed by atoms with van der Waals surface area (Å²) in [4.78, 5) is 12.9. The molecule has 1 aromatic heterocycles. The third kappa shape index (κ3) is 2.55. The van der Waals surface area contributed by atoms with Gasteiger partial charge in [-0.25, -0.2) is 0 Å². The lowest BCUT2D eigenvalue weighted by molar-refractivity contribution is -0.118. The van der Waals surface area contributed by atoms with E-state index in [1.165, 1.54) is 0 Å². The lowest BCUT2D eigenvalue weighted by Crippen LogP contribution is -2.21. The van der Waals surface area contributed by atoms with E-state index in [9.17, 15) is 9.90 Å². The van der Waals surface area contributed by atoms with E-state index in [1.807, 2.05) is 42.5 Å². The number of carbonyl (C=O) groups is 1. The molecule has 1 spiro atoms. The molecule has 1 fully saturated rings. The Morgan fingerprint density at radius 2 is 2.06 bits per heavy atom. The number of rotatable bonds is 4. The number of fused-ring (bicyclic) bond motifs is 3. The van der Waals surface area contributed by atoms with Crippen LogP contribution in [0.1, 0.15) is 29.0 Å². The first-order valence-electron chi connectivity index (χ1n) is 10.3. The molecule has 154 valence electrons. The summed E-state index contributed by atoms with van der Waals surface area (Å²) in [5.41, 5.74) is 6.11. The normalized spacial score (nSPS) is 21.4. The number of benzene rings is 3. The highest BCUT2D eigenvalue weighted by atomic mass is 16.5. The number of carbonyl (C=O) groups excluding carboxylic acids is 1. The van der Waals surface area contributed by atoms with E-state index in [4.69, 9.17) is 4.74 Å². The monoisotopic (exact) mass is 411 g/mol. The summed E-state index contributed by atoms with van der Waals surface area (Å²) >= 11 is 0. The van der Waals surface area contributed by atoms with Gasteiger partial charge in [0.1, 0.15) is 5.75 Å². The lowest BCUT2D eigenvalue weighted by Gasteiger charge is -2.10. The van der Waals surface area contributed by atoms with Gasteiger partial charge in [0.2, 0.25) is 5.91 Å². The second kappa shape index (κ2) is 6.43. The molecule has 31 heavy (non-hydrogen) atoms. The van der Waals surface area contributed by atoms with Crippen molar-refractivity contribution in [1.82, 2.24) is 10.2 Å². The molecule has 0 bridgehead atoms. The molecule has 0 radical (unpaired) electrons. The molecule has 0 saturated heterocycles. The Balaban J connectivity index is 1.38. The summed E-state index contributed by atoms with van der Waals surface area (Å²) in [7, 11) is 1.64. The molecular formula is C25H21N3O3. The lowest BCUT2D eigenvalue weighted by atomic mass is 9.91. The van der Waals surface area contributed by atoms with Crippen molar-refractivity contribution < 1.29 is 14.6 Å². The molecule has 3 N–H and O–H groups in total. The van der Waals surface area contributed by atoms with Crippen molar-refractivity contribution in [3.63, 3.8) is 0 Å².